The average Bonchev–Trinajstić information content (AvgIpc) is 3.11. The molecule has 0 fully saturated rings. The number of benzene rings is 2. The highest BCUT2D eigenvalue weighted by Crippen LogP contribution is 2.37. The first kappa shape index (κ1) is 49.5. The van der Waals surface area contributed by atoms with Gasteiger partial charge >= 0.3 is 30.5 Å². The number of nitrogens with one attached hydrogen (secondary N) is 6. The minimum atomic E-state index is -4.66. The van der Waals surface area contributed by atoms with E-state index in [1.807, 2.05) is 0 Å². The number of hydrogen-bond acceptors (Lipinski definition) is 10. The molecule has 0 atom stereocenters. The molecule has 4 rings (SSSR count). The molecule has 2 heterocycles. The van der Waals surface area contributed by atoms with Gasteiger partial charge in [0.25, 0.3) is 0 Å². The fraction of sp³-hybridized carbons (Fsp3) is 0.395. The highest BCUT2D eigenvalue weighted by molar-refractivity contribution is 6.32. The molecule has 2 aromatic heterocycles. The lowest BCUT2D eigenvalue weighted by Gasteiger charge is -2.24. The first-order chi connectivity index (χ1) is 28.3. The maximum absolute atomic E-state index is 13.0. The Morgan fingerprint density at radius 1 is 0.672 bits per heavy atom. The summed E-state index contributed by atoms with van der Waals surface area (Å²) in [6, 6.07) is 7.86. The van der Waals surface area contributed by atoms with Crippen molar-refractivity contribution in [2.24, 2.45) is 0 Å². The van der Waals surface area contributed by atoms with E-state index in [1.54, 1.807) is 53.8 Å². The molecule has 4 aromatic rings. The zero-order chi connectivity index (χ0) is 45.7. The van der Waals surface area contributed by atoms with Crippen LogP contribution in [0.5, 0.6) is 0 Å². The van der Waals surface area contributed by atoms with E-state index in [1.165, 1.54) is 17.0 Å². The van der Waals surface area contributed by atoms with Gasteiger partial charge in [-0.3, -0.25) is 10.6 Å². The van der Waals surface area contributed by atoms with E-state index in [2.05, 4.69) is 58.8 Å². The van der Waals surface area contributed by atoms with Crippen molar-refractivity contribution in [3.8, 4) is 0 Å². The standard InChI is InChI=1S/C21H26ClF3N6O3.C17H19ClF3N5O/c1-12-10-16(26-8-9-31(5)19(33)34-20(2,3)4)29-17(27-12)30-18(32)28-13-6-7-15(22)14(11-13)21(23,24)25;1-3-4-7-22-14-8-10(2)23-15(25-14)26-16(27)24-11-5-6-13(18)12(9-11)17(19,20)21/h6-7,10-11H,8-9H2,1-5H3,(H3,26,27,28,29,30,32);5-6,8-9H,3-4,7H2,1-2H3,(H3,22,23,24,25,26,27). The largest absolute Gasteiger partial charge is 0.444 e. The summed E-state index contributed by atoms with van der Waals surface area (Å²) in [6.45, 7) is 12.2. The van der Waals surface area contributed by atoms with Crippen LogP contribution in [-0.2, 0) is 17.1 Å². The van der Waals surface area contributed by atoms with Gasteiger partial charge in [0.15, 0.2) is 0 Å². The van der Waals surface area contributed by atoms with Crippen LogP contribution in [0.1, 0.15) is 63.1 Å². The van der Waals surface area contributed by atoms with Gasteiger partial charge in [-0.1, -0.05) is 36.5 Å². The van der Waals surface area contributed by atoms with Crippen molar-refractivity contribution in [2.45, 2.75) is 72.3 Å². The van der Waals surface area contributed by atoms with Gasteiger partial charge in [-0.2, -0.15) is 36.3 Å². The molecule has 0 bridgehead atoms. The van der Waals surface area contributed by atoms with E-state index in [4.69, 9.17) is 27.9 Å². The topological polar surface area (TPSA) is 187 Å². The van der Waals surface area contributed by atoms with Gasteiger partial charge in [0.2, 0.25) is 11.9 Å². The Morgan fingerprint density at radius 2 is 1.10 bits per heavy atom. The SMILES string of the molecule is CCCCNc1cc(C)nc(NC(=O)Nc2ccc(Cl)c(C(F)(F)F)c2)n1.Cc1cc(NCCN(C)C(=O)OC(C)(C)C)nc(NC(=O)Nc2ccc(Cl)c(C(F)(F)F)c2)n1. The molecule has 0 aliphatic heterocycles. The van der Waals surface area contributed by atoms with Crippen molar-refractivity contribution < 1.29 is 45.5 Å². The zero-order valence-electron chi connectivity index (χ0n) is 34.0. The van der Waals surface area contributed by atoms with Crippen LogP contribution >= 0.6 is 23.2 Å². The maximum Gasteiger partial charge on any atom is 0.417 e. The normalized spacial score (nSPS) is 11.4. The predicted molar refractivity (Wildman–Crippen MR) is 222 cm³/mol. The minimum Gasteiger partial charge on any atom is -0.444 e. The number of hydrogen-bond donors (Lipinski definition) is 6. The number of unbranched alkanes of at least 4 members (excludes halogenated alkanes) is 1. The summed E-state index contributed by atoms with van der Waals surface area (Å²) in [5, 5.41) is 14.6. The zero-order valence-corrected chi connectivity index (χ0v) is 35.6. The van der Waals surface area contributed by atoms with Crippen LogP contribution in [0.15, 0.2) is 48.5 Å². The van der Waals surface area contributed by atoms with E-state index >= 15 is 0 Å². The molecule has 5 amide bonds. The van der Waals surface area contributed by atoms with Crippen LogP contribution in [0.25, 0.3) is 0 Å². The Hall–Kier alpha value is -5.83. The van der Waals surface area contributed by atoms with Crippen LogP contribution in [0.2, 0.25) is 10.0 Å². The molecule has 0 saturated heterocycles. The Labute approximate surface area is 357 Å². The van der Waals surface area contributed by atoms with Gasteiger partial charge in [0.05, 0.1) is 21.2 Å². The molecular weight excluding hydrogens is 859 g/mol. The fourth-order valence-electron chi connectivity index (χ4n) is 4.77. The van der Waals surface area contributed by atoms with E-state index in [0.29, 0.717) is 36.1 Å². The number of aryl methyl sites for hydroxylation is 2. The smallest absolute Gasteiger partial charge is 0.417 e. The van der Waals surface area contributed by atoms with Crippen molar-refractivity contribution >= 4 is 76.3 Å². The third-order valence-corrected chi connectivity index (χ3v) is 8.17. The van der Waals surface area contributed by atoms with Gasteiger partial charge in [-0.15, -0.1) is 0 Å². The second-order valence-corrected chi connectivity index (χ2v) is 14.9. The lowest BCUT2D eigenvalue weighted by atomic mass is 10.2. The third-order valence-electron chi connectivity index (χ3n) is 7.51. The van der Waals surface area contributed by atoms with Crippen molar-refractivity contribution in [2.75, 3.05) is 58.6 Å². The van der Waals surface area contributed by atoms with E-state index in [9.17, 15) is 40.7 Å². The summed E-state index contributed by atoms with van der Waals surface area (Å²) in [5.41, 5.74) is -1.71. The highest BCUT2D eigenvalue weighted by atomic mass is 35.5. The van der Waals surface area contributed by atoms with Crippen LogP contribution < -0.4 is 31.9 Å². The summed E-state index contributed by atoms with van der Waals surface area (Å²) in [4.78, 5) is 54.2. The molecule has 15 nitrogen and oxygen atoms in total. The van der Waals surface area contributed by atoms with Gasteiger partial charge < -0.3 is 30.9 Å². The monoisotopic (exact) mass is 903 g/mol. The number of nitrogens with zero attached hydrogens (tertiary/aromatic N) is 5. The highest BCUT2D eigenvalue weighted by Gasteiger charge is 2.34. The molecule has 0 radical (unpaired) electrons. The molecule has 0 aliphatic rings. The fourth-order valence-corrected chi connectivity index (χ4v) is 5.22. The van der Waals surface area contributed by atoms with E-state index < -0.39 is 57.3 Å². The van der Waals surface area contributed by atoms with Gasteiger partial charge in [0, 0.05) is 61.6 Å². The molecule has 0 unspecified atom stereocenters. The second-order valence-electron chi connectivity index (χ2n) is 14.1. The molecule has 2 aromatic carbocycles. The first-order valence-electron chi connectivity index (χ1n) is 18.4. The van der Waals surface area contributed by atoms with Gasteiger partial charge in [0.1, 0.15) is 17.2 Å². The van der Waals surface area contributed by atoms with Crippen molar-refractivity contribution in [3.63, 3.8) is 0 Å². The Bertz CT molecular complexity index is 2160. The molecule has 61 heavy (non-hydrogen) atoms. The minimum absolute atomic E-state index is 0.0384. The number of anilines is 6. The second kappa shape index (κ2) is 21.6. The summed E-state index contributed by atoms with van der Waals surface area (Å²) in [5.74, 6) is 0.908. The number of likely N-dealkylation sites (N-methyl/N-ethyl adjacent to an activating group) is 1. The lowest BCUT2D eigenvalue weighted by molar-refractivity contribution is -0.138. The number of rotatable bonds is 12. The number of carbonyl (C=O) groups excluding carboxylic acids is 3. The third kappa shape index (κ3) is 17.4. The summed E-state index contributed by atoms with van der Waals surface area (Å²) >= 11 is 11.1. The van der Waals surface area contributed by atoms with Crippen LogP contribution in [0, 0.1) is 13.8 Å². The maximum atomic E-state index is 13.0. The summed E-state index contributed by atoms with van der Waals surface area (Å²) in [6.07, 6.45) is -7.77. The Kier molecular flexibility index (Phi) is 17.6. The summed E-state index contributed by atoms with van der Waals surface area (Å²) < 4.78 is 82.9. The van der Waals surface area contributed by atoms with Crippen molar-refractivity contribution in [1.29, 1.82) is 0 Å². The first-order valence-corrected chi connectivity index (χ1v) is 19.1. The number of urea groups is 2. The molecule has 23 heteroatoms. The molecule has 6 N–H and O–H groups in total. The van der Waals surface area contributed by atoms with Gasteiger partial charge in [-0.25, -0.2) is 24.4 Å². The van der Waals surface area contributed by atoms with Crippen molar-refractivity contribution in [3.05, 3.63) is 81.1 Å². The molecular formula is C38H45Cl2F6N11O4. The van der Waals surface area contributed by atoms with Crippen LogP contribution in [0.4, 0.5) is 75.6 Å². The average molecular weight is 905 g/mol. The molecule has 0 saturated carbocycles. The number of aromatic nitrogens is 4. The number of ether oxygens (including phenoxy) is 1. The molecule has 332 valence electrons. The lowest BCUT2D eigenvalue weighted by Crippen LogP contribution is -2.36. The summed E-state index contributed by atoms with van der Waals surface area (Å²) in [7, 11) is 1.60. The number of alkyl halides is 6. The Morgan fingerprint density at radius 3 is 1.49 bits per heavy atom. The van der Waals surface area contributed by atoms with Crippen LogP contribution in [0.3, 0.4) is 0 Å². The number of carbonyl (C=O) groups is 3. The Balaban J connectivity index is 0.000000334. The molecule has 0 spiro atoms. The molecule has 0 aliphatic carbocycles. The van der Waals surface area contributed by atoms with E-state index in [-0.39, 0.29) is 23.3 Å². The number of halogens is 8. The quantitative estimate of drug-likeness (QED) is 0.0590. The van der Waals surface area contributed by atoms with Crippen molar-refractivity contribution in [1.82, 2.24) is 24.8 Å². The predicted octanol–water partition coefficient (Wildman–Crippen LogP) is 10.7. The number of amides is 5. The van der Waals surface area contributed by atoms with Gasteiger partial charge in [-0.05, 0) is 77.4 Å². The van der Waals surface area contributed by atoms with Crippen LogP contribution in [-0.4, -0.2) is 75.3 Å². The van der Waals surface area contributed by atoms with E-state index in [0.717, 1.165) is 43.7 Å².